The van der Waals surface area contributed by atoms with Crippen molar-refractivity contribution in [1.29, 1.82) is 0 Å². The summed E-state index contributed by atoms with van der Waals surface area (Å²) in [6, 6.07) is 14.9. The number of ether oxygens (including phenoxy) is 2. The summed E-state index contributed by atoms with van der Waals surface area (Å²) in [5, 5.41) is 11.4. The van der Waals surface area contributed by atoms with Crippen LogP contribution in [0.25, 0.3) is 0 Å². The van der Waals surface area contributed by atoms with Gasteiger partial charge in [0.2, 0.25) is 6.79 Å². The van der Waals surface area contributed by atoms with Crippen LogP contribution in [-0.4, -0.2) is 28.4 Å². The first kappa shape index (κ1) is 20.2. The standard InChI is InChI=1S/C22H19N3O6/c26-20(24-29)16-6-3-14(4-7-16)12-25-9-1-2-17(22(25)28)21(27)23-11-15-5-8-18-19(10-15)31-13-30-18/h1-10,29H,11-13H2,(H,23,27)(H,24,26). The van der Waals surface area contributed by atoms with Crippen LogP contribution in [0.2, 0.25) is 0 Å². The van der Waals surface area contributed by atoms with Gasteiger partial charge in [0.1, 0.15) is 5.56 Å². The molecule has 2 aromatic carbocycles. The number of rotatable bonds is 6. The molecule has 1 aliphatic heterocycles. The summed E-state index contributed by atoms with van der Waals surface area (Å²) >= 11 is 0. The number of hydrogen-bond donors (Lipinski definition) is 3. The molecule has 1 aromatic heterocycles. The lowest BCUT2D eigenvalue weighted by molar-refractivity contribution is 0.0706. The molecule has 9 nitrogen and oxygen atoms in total. The van der Waals surface area contributed by atoms with Gasteiger partial charge in [0, 0.05) is 18.3 Å². The van der Waals surface area contributed by atoms with Crippen molar-refractivity contribution >= 4 is 11.8 Å². The minimum atomic E-state index is -0.621. The van der Waals surface area contributed by atoms with E-state index >= 15 is 0 Å². The van der Waals surface area contributed by atoms with E-state index in [-0.39, 0.29) is 31.0 Å². The topological polar surface area (TPSA) is 119 Å². The zero-order valence-corrected chi connectivity index (χ0v) is 16.3. The highest BCUT2D eigenvalue weighted by atomic mass is 16.7. The van der Waals surface area contributed by atoms with E-state index in [1.165, 1.54) is 22.8 Å². The van der Waals surface area contributed by atoms with Crippen molar-refractivity contribution in [3.8, 4) is 11.5 Å². The highest BCUT2D eigenvalue weighted by molar-refractivity contribution is 5.94. The number of hydroxylamine groups is 1. The Labute approximate surface area is 176 Å². The SMILES string of the molecule is O=C(NO)c1ccc(Cn2cccc(C(=O)NCc3ccc4c(c3)OCO4)c2=O)cc1. The summed E-state index contributed by atoms with van der Waals surface area (Å²) < 4.78 is 12.0. The van der Waals surface area contributed by atoms with Crippen molar-refractivity contribution < 1.29 is 24.3 Å². The maximum absolute atomic E-state index is 12.8. The lowest BCUT2D eigenvalue weighted by atomic mass is 10.1. The van der Waals surface area contributed by atoms with Crippen LogP contribution in [0.3, 0.4) is 0 Å². The van der Waals surface area contributed by atoms with E-state index in [0.717, 1.165) is 11.1 Å². The van der Waals surface area contributed by atoms with E-state index in [2.05, 4.69) is 5.32 Å². The Bertz CT molecular complexity index is 1190. The van der Waals surface area contributed by atoms with Crippen molar-refractivity contribution in [2.24, 2.45) is 0 Å². The number of nitrogens with zero attached hydrogens (tertiary/aromatic N) is 1. The predicted molar refractivity (Wildman–Crippen MR) is 109 cm³/mol. The van der Waals surface area contributed by atoms with Gasteiger partial charge in [-0.2, -0.15) is 0 Å². The number of pyridine rings is 1. The highest BCUT2D eigenvalue weighted by Gasteiger charge is 2.15. The van der Waals surface area contributed by atoms with Crippen LogP contribution in [0.1, 0.15) is 31.8 Å². The smallest absolute Gasteiger partial charge is 0.274 e. The number of aromatic nitrogens is 1. The van der Waals surface area contributed by atoms with E-state index in [9.17, 15) is 14.4 Å². The van der Waals surface area contributed by atoms with Gasteiger partial charge in [-0.1, -0.05) is 18.2 Å². The Morgan fingerprint density at radius 2 is 1.71 bits per heavy atom. The second-order valence-electron chi connectivity index (χ2n) is 6.86. The van der Waals surface area contributed by atoms with E-state index in [1.54, 1.807) is 42.0 Å². The number of hydrogen-bond acceptors (Lipinski definition) is 6. The van der Waals surface area contributed by atoms with Gasteiger partial charge in [-0.3, -0.25) is 19.6 Å². The summed E-state index contributed by atoms with van der Waals surface area (Å²) in [5.74, 6) is 0.180. The third-order valence-electron chi connectivity index (χ3n) is 4.83. The number of fused-ring (bicyclic) bond motifs is 1. The van der Waals surface area contributed by atoms with Crippen LogP contribution < -0.4 is 25.8 Å². The van der Waals surface area contributed by atoms with Gasteiger partial charge in [0.15, 0.2) is 11.5 Å². The fourth-order valence-corrected chi connectivity index (χ4v) is 3.19. The lowest BCUT2D eigenvalue weighted by Crippen LogP contribution is -2.32. The van der Waals surface area contributed by atoms with Gasteiger partial charge in [-0.25, -0.2) is 5.48 Å². The molecule has 0 saturated heterocycles. The van der Waals surface area contributed by atoms with E-state index in [4.69, 9.17) is 14.7 Å². The van der Waals surface area contributed by atoms with Crippen LogP contribution in [0, 0.1) is 0 Å². The quantitative estimate of drug-likeness (QED) is 0.412. The van der Waals surface area contributed by atoms with Crippen molar-refractivity contribution in [2.45, 2.75) is 13.1 Å². The molecule has 9 heteroatoms. The molecular formula is C22H19N3O6. The zero-order valence-electron chi connectivity index (χ0n) is 16.3. The molecule has 0 fully saturated rings. The van der Waals surface area contributed by atoms with Gasteiger partial charge < -0.3 is 19.4 Å². The zero-order chi connectivity index (χ0) is 21.8. The summed E-state index contributed by atoms with van der Waals surface area (Å²) in [5.41, 5.74) is 3.03. The third-order valence-corrected chi connectivity index (χ3v) is 4.83. The monoisotopic (exact) mass is 421 g/mol. The maximum Gasteiger partial charge on any atom is 0.274 e. The van der Waals surface area contributed by atoms with Crippen LogP contribution in [0.15, 0.2) is 65.6 Å². The van der Waals surface area contributed by atoms with Crippen molar-refractivity contribution in [2.75, 3.05) is 6.79 Å². The Hall–Kier alpha value is -4.11. The van der Waals surface area contributed by atoms with Crippen LogP contribution in [0.5, 0.6) is 11.5 Å². The molecule has 0 radical (unpaired) electrons. The van der Waals surface area contributed by atoms with Gasteiger partial charge in [-0.15, -0.1) is 0 Å². The molecule has 3 aromatic rings. The summed E-state index contributed by atoms with van der Waals surface area (Å²) in [4.78, 5) is 36.8. The van der Waals surface area contributed by atoms with Crippen LogP contribution in [-0.2, 0) is 13.1 Å². The molecule has 3 N–H and O–H groups in total. The summed E-state index contributed by atoms with van der Waals surface area (Å²) in [6.45, 7) is 0.632. The first-order valence-corrected chi connectivity index (χ1v) is 9.45. The molecule has 4 rings (SSSR count). The van der Waals surface area contributed by atoms with E-state index in [0.29, 0.717) is 11.5 Å². The minimum absolute atomic E-state index is 0.0273. The molecule has 0 spiro atoms. The fourth-order valence-electron chi connectivity index (χ4n) is 3.19. The molecular weight excluding hydrogens is 402 g/mol. The molecule has 2 heterocycles. The first-order chi connectivity index (χ1) is 15.0. The molecule has 1 aliphatic rings. The molecule has 158 valence electrons. The minimum Gasteiger partial charge on any atom is -0.454 e. The molecule has 0 unspecified atom stereocenters. The van der Waals surface area contributed by atoms with Gasteiger partial charge >= 0.3 is 0 Å². The number of amides is 2. The second-order valence-corrected chi connectivity index (χ2v) is 6.86. The molecule has 0 saturated carbocycles. The highest BCUT2D eigenvalue weighted by Crippen LogP contribution is 2.32. The number of carbonyl (C=O) groups excluding carboxylic acids is 2. The van der Waals surface area contributed by atoms with Gasteiger partial charge in [-0.05, 0) is 47.5 Å². The number of benzene rings is 2. The van der Waals surface area contributed by atoms with E-state index in [1.807, 2.05) is 6.07 Å². The number of nitrogens with one attached hydrogen (secondary N) is 2. The second kappa shape index (κ2) is 8.72. The van der Waals surface area contributed by atoms with Gasteiger partial charge in [0.25, 0.3) is 17.4 Å². The number of carbonyl (C=O) groups is 2. The Morgan fingerprint density at radius 3 is 2.48 bits per heavy atom. The summed E-state index contributed by atoms with van der Waals surface area (Å²) in [6.07, 6.45) is 1.59. The van der Waals surface area contributed by atoms with Crippen molar-refractivity contribution in [3.05, 3.63) is 93.4 Å². The average molecular weight is 421 g/mol. The molecule has 31 heavy (non-hydrogen) atoms. The van der Waals surface area contributed by atoms with E-state index < -0.39 is 17.4 Å². The normalized spacial score (nSPS) is 11.8. The lowest BCUT2D eigenvalue weighted by Gasteiger charge is -2.10. The average Bonchev–Trinajstić information content (AvgIpc) is 3.27. The Morgan fingerprint density at radius 1 is 0.968 bits per heavy atom. The van der Waals surface area contributed by atoms with Crippen molar-refractivity contribution in [1.82, 2.24) is 15.4 Å². The fraction of sp³-hybridized carbons (Fsp3) is 0.136. The maximum atomic E-state index is 12.8. The molecule has 0 atom stereocenters. The predicted octanol–water partition coefficient (Wildman–Crippen LogP) is 1.67. The van der Waals surface area contributed by atoms with Crippen LogP contribution in [0.4, 0.5) is 0 Å². The first-order valence-electron chi connectivity index (χ1n) is 9.45. The Balaban J connectivity index is 1.44. The largest absolute Gasteiger partial charge is 0.454 e. The molecule has 0 aliphatic carbocycles. The van der Waals surface area contributed by atoms with Crippen LogP contribution >= 0.6 is 0 Å². The van der Waals surface area contributed by atoms with Crippen molar-refractivity contribution in [3.63, 3.8) is 0 Å². The Kier molecular flexibility index (Phi) is 5.67. The molecule has 0 bridgehead atoms. The summed E-state index contributed by atoms with van der Waals surface area (Å²) in [7, 11) is 0. The molecule has 2 amide bonds. The van der Waals surface area contributed by atoms with Gasteiger partial charge in [0.05, 0.1) is 6.54 Å². The third kappa shape index (κ3) is 4.41.